The normalized spacial score (nSPS) is 14.3. The van der Waals surface area contributed by atoms with E-state index < -0.39 is 23.1 Å². The van der Waals surface area contributed by atoms with Gasteiger partial charge in [-0.2, -0.15) is 0 Å². The number of nitrogens with zero attached hydrogens (tertiary/aromatic N) is 4. The number of carbonyl (C=O) groups excluding carboxylic acids is 1. The maximum absolute atomic E-state index is 12.7. The van der Waals surface area contributed by atoms with Crippen LogP contribution in [-0.2, 0) is 11.8 Å². The largest absolute Gasteiger partial charge is 0.493 e. The number of aromatic hydroxyl groups is 1. The van der Waals surface area contributed by atoms with Crippen LogP contribution in [0.1, 0.15) is 16.7 Å². The van der Waals surface area contributed by atoms with Crippen molar-refractivity contribution < 1.29 is 9.90 Å². The molecule has 0 spiro atoms. The number of aromatic nitrogens is 2. The lowest BCUT2D eigenvalue weighted by atomic mass is 10.1. The van der Waals surface area contributed by atoms with Gasteiger partial charge in [-0.3, -0.25) is 15.0 Å². The molecule has 2 N–H and O–H groups in total. The first-order valence-electron chi connectivity index (χ1n) is 8.74. The van der Waals surface area contributed by atoms with Crippen molar-refractivity contribution in [2.75, 3.05) is 31.1 Å². The molecule has 0 saturated carbocycles. The summed E-state index contributed by atoms with van der Waals surface area (Å²) >= 11 is 0. The fourth-order valence-corrected chi connectivity index (χ4v) is 3.32. The third-order valence-electron chi connectivity index (χ3n) is 4.83. The number of piperazine rings is 1. The predicted octanol–water partition coefficient (Wildman–Crippen LogP) is 0.819. The van der Waals surface area contributed by atoms with E-state index in [9.17, 15) is 14.7 Å². The van der Waals surface area contributed by atoms with Crippen LogP contribution >= 0.6 is 0 Å². The Morgan fingerprint density at radius 3 is 2.48 bits per heavy atom. The molecule has 142 valence electrons. The summed E-state index contributed by atoms with van der Waals surface area (Å²) in [6.07, 6.45) is 1.15. The summed E-state index contributed by atoms with van der Waals surface area (Å²) in [5.41, 5.74) is 2.03. The molecular weight excluding hydrogens is 346 g/mol. The Labute approximate surface area is 157 Å². The summed E-state index contributed by atoms with van der Waals surface area (Å²) in [6.45, 7) is 6.28. The molecule has 2 aromatic rings. The fourth-order valence-electron chi connectivity index (χ4n) is 3.32. The average Bonchev–Trinajstić information content (AvgIpc) is 2.64. The van der Waals surface area contributed by atoms with Gasteiger partial charge in [-0.1, -0.05) is 17.7 Å². The zero-order valence-corrected chi connectivity index (χ0v) is 15.7. The second kappa shape index (κ2) is 7.22. The summed E-state index contributed by atoms with van der Waals surface area (Å²) in [5.74, 6) is -1.17. The number of nitrogens with one attached hydrogen (secondary N) is 1. The van der Waals surface area contributed by atoms with Crippen LogP contribution in [0.15, 0.2) is 29.3 Å². The summed E-state index contributed by atoms with van der Waals surface area (Å²) in [5, 5.41) is 17.9. The van der Waals surface area contributed by atoms with Crippen LogP contribution < -0.4 is 10.5 Å². The molecule has 1 aliphatic heterocycles. The van der Waals surface area contributed by atoms with Crippen LogP contribution in [0.4, 0.5) is 5.69 Å². The van der Waals surface area contributed by atoms with E-state index in [1.54, 1.807) is 0 Å². The molecule has 0 atom stereocenters. The highest BCUT2D eigenvalue weighted by Gasteiger charge is 2.28. The summed E-state index contributed by atoms with van der Waals surface area (Å²) in [4.78, 5) is 32.2. The molecule has 0 radical (unpaired) electrons. The molecule has 0 unspecified atom stereocenters. The van der Waals surface area contributed by atoms with E-state index in [-0.39, 0.29) is 5.56 Å². The van der Waals surface area contributed by atoms with Gasteiger partial charge in [0.05, 0.1) is 0 Å². The van der Waals surface area contributed by atoms with Gasteiger partial charge in [-0.05, 0) is 25.5 Å². The highest BCUT2D eigenvalue weighted by Crippen LogP contribution is 2.22. The van der Waals surface area contributed by atoms with E-state index in [4.69, 9.17) is 5.41 Å². The Kier molecular flexibility index (Phi) is 4.98. The molecule has 3 rings (SSSR count). The highest BCUT2D eigenvalue weighted by molar-refractivity contribution is 6.44. The van der Waals surface area contributed by atoms with Crippen molar-refractivity contribution in [3.8, 4) is 5.88 Å². The second-order valence-corrected chi connectivity index (χ2v) is 6.80. The molecule has 1 fully saturated rings. The van der Waals surface area contributed by atoms with Crippen LogP contribution in [0.5, 0.6) is 5.88 Å². The molecule has 0 aliphatic carbocycles. The van der Waals surface area contributed by atoms with E-state index in [1.807, 2.05) is 0 Å². The van der Waals surface area contributed by atoms with Crippen LogP contribution in [0, 0.1) is 19.3 Å². The first-order valence-corrected chi connectivity index (χ1v) is 8.74. The minimum atomic E-state index is -0.616. The van der Waals surface area contributed by atoms with Gasteiger partial charge in [0.15, 0.2) is 0 Å². The molecule has 0 bridgehead atoms. The Hall–Kier alpha value is -3.16. The molecule has 1 amide bonds. The van der Waals surface area contributed by atoms with E-state index in [1.165, 1.54) is 23.1 Å². The molecular formula is C19H23N5O3. The van der Waals surface area contributed by atoms with Crippen molar-refractivity contribution in [1.82, 2.24) is 14.5 Å². The summed E-state index contributed by atoms with van der Waals surface area (Å²) < 4.78 is 1.13. The lowest BCUT2D eigenvalue weighted by Crippen LogP contribution is -2.51. The Bertz CT molecular complexity index is 958. The Balaban J connectivity index is 1.73. The van der Waals surface area contributed by atoms with Crippen LogP contribution in [0.3, 0.4) is 0 Å². The number of rotatable bonds is 3. The number of benzene rings is 1. The van der Waals surface area contributed by atoms with Gasteiger partial charge in [0.25, 0.3) is 11.5 Å². The number of aryl methyl sites for hydroxylation is 3. The monoisotopic (exact) mass is 369 g/mol. The quantitative estimate of drug-likeness (QED) is 0.780. The number of anilines is 1. The van der Waals surface area contributed by atoms with Crippen molar-refractivity contribution in [1.29, 1.82) is 5.41 Å². The second-order valence-electron chi connectivity index (χ2n) is 6.80. The van der Waals surface area contributed by atoms with E-state index in [0.29, 0.717) is 26.2 Å². The fraction of sp³-hybridized carbons (Fsp3) is 0.368. The van der Waals surface area contributed by atoms with Crippen molar-refractivity contribution in [2.45, 2.75) is 13.8 Å². The van der Waals surface area contributed by atoms with E-state index in [0.717, 1.165) is 16.6 Å². The van der Waals surface area contributed by atoms with Crippen molar-refractivity contribution in [3.63, 3.8) is 0 Å². The molecule has 1 aromatic heterocycles. The van der Waals surface area contributed by atoms with Gasteiger partial charge in [0, 0.05) is 38.9 Å². The zero-order valence-electron chi connectivity index (χ0n) is 15.7. The number of hydrogen-bond acceptors (Lipinski definition) is 6. The topological polar surface area (TPSA) is 103 Å². The molecule has 27 heavy (non-hydrogen) atoms. The SMILES string of the molecule is Cc1ccc(N2CCN(C(=O)C(=N)c3c(O)ncn(C)c3=O)CC2)c(C)c1. The van der Waals surface area contributed by atoms with Crippen molar-refractivity contribution in [3.05, 3.63) is 51.6 Å². The first kappa shape index (κ1) is 18.6. The van der Waals surface area contributed by atoms with Crippen LogP contribution in [0.25, 0.3) is 0 Å². The van der Waals surface area contributed by atoms with Gasteiger partial charge in [-0.25, -0.2) is 4.98 Å². The maximum atomic E-state index is 12.7. The molecule has 1 saturated heterocycles. The zero-order chi connectivity index (χ0) is 19.7. The standard InChI is InChI=1S/C19H23N5O3/c1-12-4-5-14(13(2)10-12)23-6-8-24(9-7-23)19(27)16(20)15-17(25)21-11-22(3)18(15)26/h4-5,10-11,20,25H,6-9H2,1-3H3. The van der Waals surface area contributed by atoms with Crippen LogP contribution in [-0.4, -0.2) is 57.4 Å². The van der Waals surface area contributed by atoms with Crippen molar-refractivity contribution in [2.24, 2.45) is 7.05 Å². The molecule has 1 aliphatic rings. The van der Waals surface area contributed by atoms with Crippen LogP contribution in [0.2, 0.25) is 0 Å². The number of carbonyl (C=O) groups is 1. The average molecular weight is 369 g/mol. The van der Waals surface area contributed by atoms with Gasteiger partial charge < -0.3 is 19.5 Å². The molecule has 2 heterocycles. The predicted molar refractivity (Wildman–Crippen MR) is 103 cm³/mol. The maximum Gasteiger partial charge on any atom is 0.272 e. The van der Waals surface area contributed by atoms with E-state index >= 15 is 0 Å². The van der Waals surface area contributed by atoms with Gasteiger partial charge in [0.1, 0.15) is 17.6 Å². The lowest BCUT2D eigenvalue weighted by molar-refractivity contribution is -0.124. The Morgan fingerprint density at radius 2 is 1.85 bits per heavy atom. The summed E-state index contributed by atoms with van der Waals surface area (Å²) in [7, 11) is 1.46. The van der Waals surface area contributed by atoms with Crippen molar-refractivity contribution >= 4 is 17.3 Å². The molecule has 8 heteroatoms. The number of amides is 1. The summed E-state index contributed by atoms with van der Waals surface area (Å²) in [6, 6.07) is 6.28. The third kappa shape index (κ3) is 3.55. The molecule has 8 nitrogen and oxygen atoms in total. The van der Waals surface area contributed by atoms with Gasteiger partial charge in [0.2, 0.25) is 5.88 Å². The van der Waals surface area contributed by atoms with Gasteiger partial charge in [-0.15, -0.1) is 0 Å². The number of hydrogen-bond donors (Lipinski definition) is 2. The minimum absolute atomic E-state index is 0.359. The minimum Gasteiger partial charge on any atom is -0.493 e. The third-order valence-corrected chi connectivity index (χ3v) is 4.83. The smallest absolute Gasteiger partial charge is 0.272 e. The Morgan fingerprint density at radius 1 is 1.19 bits per heavy atom. The first-order chi connectivity index (χ1) is 12.8. The highest BCUT2D eigenvalue weighted by atomic mass is 16.3. The lowest BCUT2D eigenvalue weighted by Gasteiger charge is -2.36. The molecule has 1 aromatic carbocycles. The van der Waals surface area contributed by atoms with E-state index in [2.05, 4.69) is 41.9 Å². The van der Waals surface area contributed by atoms with Gasteiger partial charge >= 0.3 is 0 Å².